The average Bonchev–Trinajstić information content (AvgIpc) is 2.76. The number of rotatable bonds is 10. The van der Waals surface area contributed by atoms with Gasteiger partial charge in [0, 0.05) is 0 Å². The predicted octanol–water partition coefficient (Wildman–Crippen LogP) is 0.574. The van der Waals surface area contributed by atoms with E-state index in [1.807, 2.05) is 0 Å². The normalized spacial score (nSPS) is 30.6. The fraction of sp³-hybridized carbons (Fsp3) is 1.00. The maximum atomic E-state index is 9.03. The van der Waals surface area contributed by atoms with E-state index in [4.69, 9.17) is 105 Å². The molecule has 176 valence electrons. The molecule has 0 radical (unpaired) electrons. The first-order chi connectivity index (χ1) is 13.5. The highest BCUT2D eigenvalue weighted by molar-refractivity contribution is 6.45. The van der Waals surface area contributed by atoms with E-state index in [9.17, 15) is 0 Å². The van der Waals surface area contributed by atoms with E-state index >= 15 is 0 Å². The summed E-state index contributed by atoms with van der Waals surface area (Å²) in [4.78, 5) is 0. The van der Waals surface area contributed by atoms with Crippen molar-refractivity contribution in [2.45, 2.75) is 32.3 Å². The van der Waals surface area contributed by atoms with Gasteiger partial charge in [-0.05, 0) is 0 Å². The molecule has 1 rings (SSSR count). The van der Waals surface area contributed by atoms with Crippen LogP contribution >= 0.6 is 69.6 Å². The van der Waals surface area contributed by atoms with Gasteiger partial charge < -0.3 is 35.4 Å². The molecule has 1 saturated carbocycles. The number of ether oxygens (including phenoxy) is 1. The highest BCUT2D eigenvalue weighted by Crippen LogP contribution is 2.39. The van der Waals surface area contributed by atoms with Crippen LogP contribution in [0.1, 0.15) is 0 Å². The molecule has 0 aliphatic heterocycles. The molecule has 0 heterocycles. The van der Waals surface area contributed by atoms with Gasteiger partial charge in [-0.3, -0.25) is 0 Å². The topological polar surface area (TPSA) is 131 Å². The van der Waals surface area contributed by atoms with Crippen LogP contribution in [0.3, 0.4) is 0 Å². The van der Waals surface area contributed by atoms with E-state index < -0.39 is 82.7 Å². The second-order valence-electron chi connectivity index (χ2n) is 7.11. The highest BCUT2D eigenvalue weighted by atomic mass is 35.5. The van der Waals surface area contributed by atoms with Gasteiger partial charge in [0.15, 0.2) is 0 Å². The van der Waals surface area contributed by atoms with Crippen molar-refractivity contribution in [1.29, 1.82) is 0 Å². The second-order valence-corrected chi connectivity index (χ2v) is 10.1. The third kappa shape index (κ3) is 8.39. The molecule has 0 aromatic rings. The van der Waals surface area contributed by atoms with Crippen molar-refractivity contribution in [1.82, 2.24) is 0 Å². The maximum Gasteiger partial charge on any atom is 0.0693 e. The molecule has 7 nitrogen and oxygen atoms in total. The maximum absolute atomic E-state index is 9.03. The Labute approximate surface area is 200 Å². The Kier molecular flexibility index (Phi) is 15.3. The van der Waals surface area contributed by atoms with Gasteiger partial charge in [-0.25, -0.2) is 0 Å². The fourth-order valence-electron chi connectivity index (χ4n) is 2.11. The number of halogens is 6. The van der Waals surface area contributed by atoms with Crippen molar-refractivity contribution < 1.29 is 35.4 Å². The Morgan fingerprint density at radius 2 is 0.621 bits per heavy atom. The number of aliphatic hydroxyl groups excluding tert-OH is 6. The van der Waals surface area contributed by atoms with Crippen LogP contribution in [0.15, 0.2) is 0 Å². The molecule has 1 aliphatic carbocycles. The third-order valence-electron chi connectivity index (χ3n) is 4.65. The summed E-state index contributed by atoms with van der Waals surface area (Å²) >= 11 is 35.3. The zero-order valence-corrected chi connectivity index (χ0v) is 20.0. The molecule has 6 N–H and O–H groups in total. The van der Waals surface area contributed by atoms with E-state index in [2.05, 4.69) is 0 Å². The lowest BCUT2D eigenvalue weighted by Gasteiger charge is -2.37. The standard InChI is InChI=1S/C10H22O7.C6H6Cl6/c11-1-9(2-12,3-13)7-17-8-10(4-14,5-15)6-16;7-1-2(8)4(10)6(12)5(11)3(1)9/h11-16H,1-8H2;1-6H. The first kappa shape index (κ1) is 30.5. The molecule has 0 unspecified atom stereocenters. The molecule has 0 aromatic carbocycles. The summed E-state index contributed by atoms with van der Waals surface area (Å²) in [6, 6.07) is 0. The molecule has 0 atom stereocenters. The van der Waals surface area contributed by atoms with Gasteiger partial charge in [-0.2, -0.15) is 0 Å². The Morgan fingerprint density at radius 1 is 0.448 bits per heavy atom. The molecule has 0 saturated heterocycles. The van der Waals surface area contributed by atoms with Crippen molar-refractivity contribution in [3.63, 3.8) is 0 Å². The number of hydrogen-bond donors (Lipinski definition) is 6. The Hall–Kier alpha value is 1.46. The van der Waals surface area contributed by atoms with Crippen molar-refractivity contribution in [3.8, 4) is 0 Å². The molecule has 0 spiro atoms. The molecule has 0 bridgehead atoms. The smallest absolute Gasteiger partial charge is 0.0693 e. The van der Waals surface area contributed by atoms with Crippen LogP contribution in [0.4, 0.5) is 0 Å². The van der Waals surface area contributed by atoms with Crippen molar-refractivity contribution >= 4 is 69.6 Å². The fourth-order valence-corrected chi connectivity index (χ4v) is 4.44. The Morgan fingerprint density at radius 3 is 0.759 bits per heavy atom. The molecule has 13 heteroatoms. The minimum atomic E-state index is -1.16. The van der Waals surface area contributed by atoms with Crippen molar-refractivity contribution in [3.05, 3.63) is 0 Å². The lowest BCUT2D eigenvalue weighted by Crippen LogP contribution is -2.52. The van der Waals surface area contributed by atoms with Gasteiger partial charge >= 0.3 is 0 Å². The molecule has 1 fully saturated rings. The zero-order valence-electron chi connectivity index (χ0n) is 15.5. The minimum absolute atomic E-state index is 0.141. The van der Waals surface area contributed by atoms with E-state index in [-0.39, 0.29) is 13.2 Å². The molecule has 0 amide bonds. The van der Waals surface area contributed by atoms with E-state index in [0.717, 1.165) is 0 Å². The van der Waals surface area contributed by atoms with Crippen LogP contribution in [0.25, 0.3) is 0 Å². The molecular formula is C16H28Cl6O7. The summed E-state index contributed by atoms with van der Waals surface area (Å²) in [7, 11) is 0. The molecule has 1 aliphatic rings. The number of hydrogen-bond acceptors (Lipinski definition) is 7. The van der Waals surface area contributed by atoms with Crippen LogP contribution in [-0.2, 0) is 4.74 Å². The lowest BCUT2D eigenvalue weighted by atomic mass is 9.91. The second kappa shape index (κ2) is 14.6. The highest BCUT2D eigenvalue weighted by Gasteiger charge is 2.46. The van der Waals surface area contributed by atoms with Gasteiger partial charge in [0.2, 0.25) is 0 Å². The Bertz CT molecular complexity index is 347. The molecule has 29 heavy (non-hydrogen) atoms. The monoisotopic (exact) mass is 542 g/mol. The average molecular weight is 545 g/mol. The van der Waals surface area contributed by atoms with Crippen LogP contribution in [0.2, 0.25) is 0 Å². The quantitative estimate of drug-likeness (QED) is 0.222. The van der Waals surface area contributed by atoms with Crippen LogP contribution in [-0.4, -0.2) is 116 Å². The lowest BCUT2D eigenvalue weighted by molar-refractivity contribution is -0.103. The van der Waals surface area contributed by atoms with Crippen molar-refractivity contribution in [2.75, 3.05) is 52.9 Å². The van der Waals surface area contributed by atoms with E-state index in [1.54, 1.807) is 0 Å². The first-order valence-electron chi connectivity index (χ1n) is 8.61. The van der Waals surface area contributed by atoms with Crippen molar-refractivity contribution in [2.24, 2.45) is 10.8 Å². The van der Waals surface area contributed by atoms with Gasteiger partial charge in [-0.1, -0.05) is 0 Å². The largest absolute Gasteiger partial charge is 0.396 e. The summed E-state index contributed by atoms with van der Waals surface area (Å²) < 4.78 is 5.15. The summed E-state index contributed by atoms with van der Waals surface area (Å²) in [6.07, 6.45) is 0. The van der Waals surface area contributed by atoms with Gasteiger partial charge in [-0.15, -0.1) is 69.6 Å². The number of aliphatic hydroxyl groups is 6. The number of alkyl halides is 6. The zero-order chi connectivity index (χ0) is 22.8. The van der Waals surface area contributed by atoms with E-state index in [1.165, 1.54) is 0 Å². The van der Waals surface area contributed by atoms with Gasteiger partial charge in [0.05, 0.1) is 95.9 Å². The SMILES string of the molecule is ClC1C(Cl)C(Cl)C(Cl)C(Cl)C1Cl.OCC(CO)(CO)COCC(CO)(CO)CO. The molecule has 0 aromatic heterocycles. The summed E-state index contributed by atoms with van der Waals surface area (Å²) in [5.41, 5.74) is -2.32. The predicted molar refractivity (Wildman–Crippen MR) is 116 cm³/mol. The summed E-state index contributed by atoms with van der Waals surface area (Å²) in [5.74, 6) is 0. The first-order valence-corrected chi connectivity index (χ1v) is 11.2. The Balaban J connectivity index is 0.000000571. The summed E-state index contributed by atoms with van der Waals surface area (Å²) in [5, 5.41) is 51.6. The minimum Gasteiger partial charge on any atom is -0.396 e. The van der Waals surface area contributed by atoms with Gasteiger partial charge in [0.25, 0.3) is 0 Å². The van der Waals surface area contributed by atoms with E-state index in [0.29, 0.717) is 0 Å². The third-order valence-corrected chi connectivity index (χ3v) is 8.69. The van der Waals surface area contributed by atoms with Crippen LogP contribution in [0, 0.1) is 10.8 Å². The summed E-state index contributed by atoms with van der Waals surface area (Å²) in [6.45, 7) is -3.01. The van der Waals surface area contributed by atoms with Crippen LogP contribution in [0.5, 0.6) is 0 Å². The molecular weight excluding hydrogens is 517 g/mol. The van der Waals surface area contributed by atoms with Gasteiger partial charge in [0.1, 0.15) is 0 Å². The van der Waals surface area contributed by atoms with Crippen LogP contribution < -0.4 is 0 Å².